The number of nitrogens with one attached hydrogen (secondary N) is 1. The van der Waals surface area contributed by atoms with Gasteiger partial charge in [0.05, 0.1) is 6.04 Å². The number of hydrogen-bond acceptors (Lipinski definition) is 3. The summed E-state index contributed by atoms with van der Waals surface area (Å²) in [4.78, 5) is 11.7. The van der Waals surface area contributed by atoms with Gasteiger partial charge in [0.2, 0.25) is 5.91 Å². The van der Waals surface area contributed by atoms with Crippen molar-refractivity contribution in [2.45, 2.75) is 57.0 Å². The van der Waals surface area contributed by atoms with Crippen molar-refractivity contribution >= 4 is 5.91 Å². The molecule has 1 amide bonds. The Bertz CT molecular complexity index is 201. The highest BCUT2D eigenvalue weighted by Crippen LogP contribution is 2.17. The fourth-order valence-corrected chi connectivity index (χ4v) is 2.11. The van der Waals surface area contributed by atoms with E-state index in [4.69, 9.17) is 10.5 Å². The first-order valence-corrected chi connectivity index (χ1v) is 6.29. The van der Waals surface area contributed by atoms with Crippen molar-refractivity contribution in [1.29, 1.82) is 0 Å². The van der Waals surface area contributed by atoms with Crippen molar-refractivity contribution in [3.63, 3.8) is 0 Å². The molecule has 1 unspecified atom stereocenters. The second kappa shape index (κ2) is 7.63. The molecule has 0 aliphatic heterocycles. The van der Waals surface area contributed by atoms with Crippen LogP contribution in [-0.2, 0) is 9.53 Å². The third-order valence-electron chi connectivity index (χ3n) is 3.17. The van der Waals surface area contributed by atoms with E-state index in [1.807, 2.05) is 0 Å². The van der Waals surface area contributed by atoms with Crippen LogP contribution in [0.1, 0.15) is 44.9 Å². The molecule has 1 aliphatic rings. The summed E-state index contributed by atoms with van der Waals surface area (Å²) in [6.45, 7) is 0.541. The number of rotatable bonds is 5. The molecule has 1 atom stereocenters. The normalized spacial score (nSPS) is 20.1. The fraction of sp³-hybridized carbons (Fsp3) is 0.917. The van der Waals surface area contributed by atoms with E-state index < -0.39 is 6.04 Å². The van der Waals surface area contributed by atoms with Crippen molar-refractivity contribution in [2.24, 2.45) is 5.73 Å². The standard InChI is InChI=1S/C12H24N2O2/c1-16-9-8-11(13)12(15)14-10-6-4-2-3-5-7-10/h10-11H,2-9,13H2,1H3,(H,14,15). The Morgan fingerprint density at radius 2 is 2.00 bits per heavy atom. The number of hydrogen-bond donors (Lipinski definition) is 2. The van der Waals surface area contributed by atoms with Gasteiger partial charge in [-0.3, -0.25) is 4.79 Å². The van der Waals surface area contributed by atoms with Crippen LogP contribution in [0.3, 0.4) is 0 Å². The van der Waals surface area contributed by atoms with Gasteiger partial charge in [-0.15, -0.1) is 0 Å². The maximum absolute atomic E-state index is 11.7. The van der Waals surface area contributed by atoms with Gasteiger partial charge in [-0.2, -0.15) is 0 Å². The van der Waals surface area contributed by atoms with E-state index >= 15 is 0 Å². The number of carbonyl (C=O) groups is 1. The van der Waals surface area contributed by atoms with Gasteiger partial charge in [0, 0.05) is 19.8 Å². The fourth-order valence-electron chi connectivity index (χ4n) is 2.11. The van der Waals surface area contributed by atoms with Crippen molar-refractivity contribution in [1.82, 2.24) is 5.32 Å². The minimum atomic E-state index is -0.428. The molecule has 0 saturated heterocycles. The summed E-state index contributed by atoms with van der Waals surface area (Å²) >= 11 is 0. The maximum Gasteiger partial charge on any atom is 0.237 e. The lowest BCUT2D eigenvalue weighted by Crippen LogP contribution is -2.45. The zero-order valence-electron chi connectivity index (χ0n) is 10.2. The zero-order valence-corrected chi connectivity index (χ0v) is 10.2. The van der Waals surface area contributed by atoms with Crippen molar-refractivity contribution in [3.05, 3.63) is 0 Å². The van der Waals surface area contributed by atoms with Crippen molar-refractivity contribution in [3.8, 4) is 0 Å². The lowest BCUT2D eigenvalue weighted by Gasteiger charge is -2.19. The highest BCUT2D eigenvalue weighted by atomic mass is 16.5. The van der Waals surface area contributed by atoms with Gasteiger partial charge in [-0.1, -0.05) is 25.7 Å². The third kappa shape index (κ3) is 4.94. The van der Waals surface area contributed by atoms with Crippen LogP contribution in [0.5, 0.6) is 0 Å². The van der Waals surface area contributed by atoms with Crippen LogP contribution >= 0.6 is 0 Å². The molecule has 1 fully saturated rings. The summed E-state index contributed by atoms with van der Waals surface area (Å²) in [5.41, 5.74) is 5.77. The van der Waals surface area contributed by atoms with Gasteiger partial charge in [0.25, 0.3) is 0 Å². The van der Waals surface area contributed by atoms with Crippen LogP contribution in [-0.4, -0.2) is 31.7 Å². The van der Waals surface area contributed by atoms with E-state index in [2.05, 4.69) is 5.32 Å². The number of ether oxygens (including phenoxy) is 1. The topological polar surface area (TPSA) is 64.3 Å². The smallest absolute Gasteiger partial charge is 0.237 e. The predicted octanol–water partition coefficient (Wildman–Crippen LogP) is 1.19. The van der Waals surface area contributed by atoms with E-state index in [1.54, 1.807) is 7.11 Å². The molecule has 1 rings (SSSR count). The first kappa shape index (κ1) is 13.5. The molecule has 0 bridgehead atoms. The molecular formula is C12H24N2O2. The SMILES string of the molecule is COCCC(N)C(=O)NC1CCCCCC1. The molecule has 0 spiro atoms. The molecule has 1 saturated carbocycles. The van der Waals surface area contributed by atoms with Crippen LogP contribution in [0.2, 0.25) is 0 Å². The van der Waals surface area contributed by atoms with E-state index in [1.165, 1.54) is 25.7 Å². The number of amides is 1. The molecule has 1 aliphatic carbocycles. The molecule has 0 aromatic rings. The van der Waals surface area contributed by atoms with Gasteiger partial charge < -0.3 is 15.8 Å². The van der Waals surface area contributed by atoms with Gasteiger partial charge in [0.15, 0.2) is 0 Å². The minimum Gasteiger partial charge on any atom is -0.385 e. The quantitative estimate of drug-likeness (QED) is 0.695. The van der Waals surface area contributed by atoms with Crippen LogP contribution in [0.4, 0.5) is 0 Å². The third-order valence-corrected chi connectivity index (χ3v) is 3.17. The van der Waals surface area contributed by atoms with Crippen LogP contribution in [0.25, 0.3) is 0 Å². The van der Waals surface area contributed by atoms with Crippen molar-refractivity contribution in [2.75, 3.05) is 13.7 Å². The van der Waals surface area contributed by atoms with Gasteiger partial charge in [-0.25, -0.2) is 0 Å². The summed E-state index contributed by atoms with van der Waals surface area (Å²) in [5, 5.41) is 3.05. The zero-order chi connectivity index (χ0) is 11.8. The molecule has 94 valence electrons. The molecule has 16 heavy (non-hydrogen) atoms. The van der Waals surface area contributed by atoms with Crippen LogP contribution in [0.15, 0.2) is 0 Å². The lowest BCUT2D eigenvalue weighted by atomic mass is 10.1. The second-order valence-electron chi connectivity index (χ2n) is 4.59. The molecular weight excluding hydrogens is 204 g/mol. The summed E-state index contributed by atoms with van der Waals surface area (Å²) in [6, 6.07) is -0.0909. The average Bonchev–Trinajstić information content (AvgIpc) is 2.54. The number of methoxy groups -OCH3 is 1. The molecule has 0 aromatic heterocycles. The van der Waals surface area contributed by atoms with Crippen LogP contribution < -0.4 is 11.1 Å². The summed E-state index contributed by atoms with van der Waals surface area (Å²) in [5.74, 6) is -0.0241. The Morgan fingerprint density at radius 1 is 1.38 bits per heavy atom. The maximum atomic E-state index is 11.7. The predicted molar refractivity (Wildman–Crippen MR) is 64.1 cm³/mol. The van der Waals surface area contributed by atoms with E-state index in [0.29, 0.717) is 19.1 Å². The molecule has 0 radical (unpaired) electrons. The molecule has 4 nitrogen and oxygen atoms in total. The Morgan fingerprint density at radius 3 is 2.56 bits per heavy atom. The Kier molecular flexibility index (Phi) is 6.42. The summed E-state index contributed by atoms with van der Waals surface area (Å²) in [7, 11) is 1.62. The molecule has 4 heteroatoms. The van der Waals surface area contributed by atoms with Gasteiger partial charge in [0.1, 0.15) is 0 Å². The Hall–Kier alpha value is -0.610. The molecule has 3 N–H and O–H groups in total. The minimum absolute atomic E-state index is 0.0241. The first-order valence-electron chi connectivity index (χ1n) is 6.29. The van der Waals surface area contributed by atoms with Crippen molar-refractivity contribution < 1.29 is 9.53 Å². The van der Waals surface area contributed by atoms with E-state index in [0.717, 1.165) is 12.8 Å². The number of carbonyl (C=O) groups excluding carboxylic acids is 1. The monoisotopic (exact) mass is 228 g/mol. The number of nitrogens with two attached hydrogens (primary N) is 1. The highest BCUT2D eigenvalue weighted by Gasteiger charge is 2.18. The average molecular weight is 228 g/mol. The Labute approximate surface area is 97.9 Å². The highest BCUT2D eigenvalue weighted by molar-refractivity contribution is 5.81. The summed E-state index contributed by atoms with van der Waals surface area (Å²) < 4.78 is 4.91. The second-order valence-corrected chi connectivity index (χ2v) is 4.59. The summed E-state index contributed by atoms with van der Waals surface area (Å²) in [6.07, 6.45) is 7.82. The van der Waals surface area contributed by atoms with Gasteiger partial charge >= 0.3 is 0 Å². The molecule has 0 heterocycles. The largest absolute Gasteiger partial charge is 0.385 e. The van der Waals surface area contributed by atoms with E-state index in [9.17, 15) is 4.79 Å². The van der Waals surface area contributed by atoms with Gasteiger partial charge in [-0.05, 0) is 19.3 Å². The van der Waals surface area contributed by atoms with Crippen LogP contribution in [0, 0.1) is 0 Å². The first-order chi connectivity index (χ1) is 7.74. The lowest BCUT2D eigenvalue weighted by molar-refractivity contribution is -0.123. The molecule has 0 aromatic carbocycles. The van der Waals surface area contributed by atoms with E-state index in [-0.39, 0.29) is 5.91 Å². The Balaban J connectivity index is 2.25.